The zero-order valence-electron chi connectivity index (χ0n) is 11.8. The van der Waals surface area contributed by atoms with Crippen LogP contribution in [-0.2, 0) is 9.59 Å². The van der Waals surface area contributed by atoms with Crippen molar-refractivity contribution in [3.05, 3.63) is 34.6 Å². The van der Waals surface area contributed by atoms with Crippen molar-refractivity contribution >= 4 is 23.5 Å². The summed E-state index contributed by atoms with van der Waals surface area (Å²) in [6, 6.07) is 3.26. The standard InChI is InChI=1S/C15H17ClFNO3/c1-8(2)7-18-13(19)6-12(15(20)21)14(18)9-3-10(16)5-11(17)4-9/h3-5,8,12,14H,6-7H2,1-2H3,(H,20,21). The van der Waals surface area contributed by atoms with E-state index >= 15 is 0 Å². The van der Waals surface area contributed by atoms with Gasteiger partial charge in [0.05, 0.1) is 12.0 Å². The first-order chi connectivity index (χ1) is 9.79. The molecule has 1 heterocycles. The maximum absolute atomic E-state index is 13.6. The Morgan fingerprint density at radius 1 is 1.48 bits per heavy atom. The second kappa shape index (κ2) is 6.02. The summed E-state index contributed by atoms with van der Waals surface area (Å²) in [6.45, 7) is 4.31. The molecule has 1 aliphatic rings. The maximum Gasteiger partial charge on any atom is 0.309 e. The normalized spacial score (nSPS) is 22.1. The number of nitrogens with zero attached hydrogens (tertiary/aromatic N) is 1. The summed E-state index contributed by atoms with van der Waals surface area (Å²) in [4.78, 5) is 25.1. The first-order valence-corrected chi connectivity index (χ1v) is 7.15. The van der Waals surface area contributed by atoms with Gasteiger partial charge in [-0.25, -0.2) is 4.39 Å². The molecule has 1 amide bonds. The second-order valence-electron chi connectivity index (χ2n) is 5.74. The molecule has 0 radical (unpaired) electrons. The number of carboxylic acid groups (broad SMARTS) is 1. The Kier molecular flexibility index (Phi) is 4.52. The number of halogens is 2. The van der Waals surface area contributed by atoms with Crippen LogP contribution >= 0.6 is 11.6 Å². The molecule has 0 saturated carbocycles. The molecule has 0 bridgehead atoms. The first kappa shape index (κ1) is 15.8. The van der Waals surface area contributed by atoms with Crippen molar-refractivity contribution in [1.82, 2.24) is 4.90 Å². The fourth-order valence-corrected chi connectivity index (χ4v) is 3.01. The number of benzene rings is 1. The van der Waals surface area contributed by atoms with Gasteiger partial charge in [0.2, 0.25) is 5.91 Å². The monoisotopic (exact) mass is 313 g/mol. The van der Waals surface area contributed by atoms with Crippen molar-refractivity contribution in [3.63, 3.8) is 0 Å². The van der Waals surface area contributed by atoms with E-state index < -0.39 is 23.7 Å². The largest absolute Gasteiger partial charge is 0.481 e. The smallest absolute Gasteiger partial charge is 0.309 e. The van der Waals surface area contributed by atoms with Gasteiger partial charge in [0.15, 0.2) is 0 Å². The Labute approximate surface area is 127 Å². The van der Waals surface area contributed by atoms with E-state index in [-0.39, 0.29) is 23.3 Å². The van der Waals surface area contributed by atoms with E-state index in [0.29, 0.717) is 12.1 Å². The van der Waals surface area contributed by atoms with E-state index in [1.165, 1.54) is 17.0 Å². The zero-order chi connectivity index (χ0) is 15.7. The molecular formula is C15H17ClFNO3. The van der Waals surface area contributed by atoms with Gasteiger partial charge < -0.3 is 10.0 Å². The summed E-state index contributed by atoms with van der Waals surface area (Å²) in [7, 11) is 0. The molecule has 1 aromatic carbocycles. The van der Waals surface area contributed by atoms with Crippen LogP contribution < -0.4 is 0 Å². The Balaban J connectivity index is 2.45. The van der Waals surface area contributed by atoms with Crippen LogP contribution in [-0.4, -0.2) is 28.4 Å². The highest BCUT2D eigenvalue weighted by molar-refractivity contribution is 6.30. The molecule has 1 N–H and O–H groups in total. The molecule has 6 heteroatoms. The topological polar surface area (TPSA) is 57.6 Å². The number of carbonyl (C=O) groups excluding carboxylic acids is 1. The Hall–Kier alpha value is -1.62. The summed E-state index contributed by atoms with van der Waals surface area (Å²) in [5.74, 6) is -2.51. The number of rotatable bonds is 4. The van der Waals surface area contributed by atoms with Gasteiger partial charge in [-0.2, -0.15) is 0 Å². The molecule has 4 nitrogen and oxygen atoms in total. The number of carbonyl (C=O) groups is 2. The highest BCUT2D eigenvalue weighted by Gasteiger charge is 2.44. The zero-order valence-corrected chi connectivity index (χ0v) is 12.6. The Morgan fingerprint density at radius 3 is 2.67 bits per heavy atom. The maximum atomic E-state index is 13.6. The highest BCUT2D eigenvalue weighted by Crippen LogP contribution is 2.39. The summed E-state index contributed by atoms with van der Waals surface area (Å²) >= 11 is 5.85. The molecule has 21 heavy (non-hydrogen) atoms. The van der Waals surface area contributed by atoms with Gasteiger partial charge in [-0.3, -0.25) is 9.59 Å². The van der Waals surface area contributed by atoms with Crippen LogP contribution in [0, 0.1) is 17.7 Å². The van der Waals surface area contributed by atoms with Crippen molar-refractivity contribution < 1.29 is 19.1 Å². The fourth-order valence-electron chi connectivity index (χ4n) is 2.78. The Bertz CT molecular complexity index is 556. The van der Waals surface area contributed by atoms with E-state index in [0.717, 1.165) is 6.07 Å². The van der Waals surface area contributed by atoms with Crippen LogP contribution in [0.2, 0.25) is 5.02 Å². The number of aliphatic carboxylic acids is 1. The first-order valence-electron chi connectivity index (χ1n) is 6.78. The second-order valence-corrected chi connectivity index (χ2v) is 6.17. The summed E-state index contributed by atoms with van der Waals surface area (Å²) in [6.07, 6.45) is -0.0686. The number of likely N-dealkylation sites (tertiary alicyclic amines) is 1. The van der Waals surface area contributed by atoms with Crippen LogP contribution in [0.25, 0.3) is 0 Å². The van der Waals surface area contributed by atoms with Crippen molar-refractivity contribution in [1.29, 1.82) is 0 Å². The number of amides is 1. The molecule has 1 fully saturated rings. The van der Waals surface area contributed by atoms with Crippen molar-refractivity contribution in [2.75, 3.05) is 6.54 Å². The Morgan fingerprint density at radius 2 is 2.14 bits per heavy atom. The molecule has 1 aromatic rings. The molecule has 2 unspecified atom stereocenters. The number of hydrogen-bond donors (Lipinski definition) is 1. The van der Waals surface area contributed by atoms with Crippen LogP contribution in [0.1, 0.15) is 31.9 Å². The van der Waals surface area contributed by atoms with Crippen molar-refractivity contribution in [2.45, 2.75) is 26.3 Å². The minimum Gasteiger partial charge on any atom is -0.481 e. The van der Waals surface area contributed by atoms with Gasteiger partial charge in [-0.1, -0.05) is 25.4 Å². The minimum atomic E-state index is -1.06. The van der Waals surface area contributed by atoms with E-state index in [1.54, 1.807) is 0 Å². The molecule has 2 rings (SSSR count). The third-order valence-electron chi connectivity index (χ3n) is 3.54. The average Bonchev–Trinajstić information content (AvgIpc) is 2.65. The molecule has 0 spiro atoms. The lowest BCUT2D eigenvalue weighted by Gasteiger charge is -2.29. The molecule has 0 aliphatic carbocycles. The SMILES string of the molecule is CC(C)CN1C(=O)CC(C(=O)O)C1c1cc(F)cc(Cl)c1. The lowest BCUT2D eigenvalue weighted by molar-refractivity contribution is -0.142. The lowest BCUT2D eigenvalue weighted by Crippen LogP contribution is -2.33. The van der Waals surface area contributed by atoms with E-state index in [2.05, 4.69) is 0 Å². The average molecular weight is 314 g/mol. The number of hydrogen-bond acceptors (Lipinski definition) is 2. The van der Waals surface area contributed by atoms with Gasteiger partial charge in [0.25, 0.3) is 0 Å². The van der Waals surface area contributed by atoms with Gasteiger partial charge >= 0.3 is 5.97 Å². The van der Waals surface area contributed by atoms with Gasteiger partial charge in [0.1, 0.15) is 5.82 Å². The summed E-state index contributed by atoms with van der Waals surface area (Å²) in [5.41, 5.74) is 0.430. The van der Waals surface area contributed by atoms with Gasteiger partial charge in [-0.05, 0) is 29.7 Å². The lowest BCUT2D eigenvalue weighted by atomic mass is 9.93. The summed E-state index contributed by atoms with van der Waals surface area (Å²) < 4.78 is 13.6. The quantitative estimate of drug-likeness (QED) is 0.929. The van der Waals surface area contributed by atoms with Gasteiger partial charge in [-0.15, -0.1) is 0 Å². The van der Waals surface area contributed by atoms with Crippen LogP contribution in [0.3, 0.4) is 0 Å². The summed E-state index contributed by atoms with van der Waals surface area (Å²) in [5, 5.41) is 9.54. The number of carboxylic acids is 1. The van der Waals surface area contributed by atoms with E-state index in [1.807, 2.05) is 13.8 Å². The highest BCUT2D eigenvalue weighted by atomic mass is 35.5. The van der Waals surface area contributed by atoms with Crippen molar-refractivity contribution in [3.8, 4) is 0 Å². The molecule has 1 aliphatic heterocycles. The molecule has 0 aromatic heterocycles. The third-order valence-corrected chi connectivity index (χ3v) is 3.76. The molecular weight excluding hydrogens is 297 g/mol. The third kappa shape index (κ3) is 3.35. The predicted molar refractivity (Wildman–Crippen MR) is 76.4 cm³/mol. The molecule has 114 valence electrons. The molecule has 2 atom stereocenters. The predicted octanol–water partition coefficient (Wildman–Crippen LogP) is 3.11. The van der Waals surface area contributed by atoms with E-state index in [9.17, 15) is 19.1 Å². The van der Waals surface area contributed by atoms with Gasteiger partial charge in [0, 0.05) is 18.0 Å². The fraction of sp³-hybridized carbons (Fsp3) is 0.467. The molecule has 1 saturated heterocycles. The van der Waals surface area contributed by atoms with E-state index in [4.69, 9.17) is 11.6 Å². The minimum absolute atomic E-state index is 0.0686. The van der Waals surface area contributed by atoms with Crippen LogP contribution in [0.4, 0.5) is 4.39 Å². The van der Waals surface area contributed by atoms with Crippen LogP contribution in [0.5, 0.6) is 0 Å². The van der Waals surface area contributed by atoms with Crippen molar-refractivity contribution in [2.24, 2.45) is 11.8 Å². The van der Waals surface area contributed by atoms with Crippen LogP contribution in [0.15, 0.2) is 18.2 Å².